The van der Waals surface area contributed by atoms with Crippen LogP contribution < -0.4 is 5.73 Å². The molecule has 0 spiro atoms. The molecule has 7 heteroatoms. The molecule has 5 nitrogen and oxygen atoms in total. The van der Waals surface area contributed by atoms with Crippen LogP contribution in [0.4, 0.5) is 4.39 Å². The molecule has 1 aromatic rings. The van der Waals surface area contributed by atoms with Gasteiger partial charge in [-0.1, -0.05) is 0 Å². The van der Waals surface area contributed by atoms with Crippen LogP contribution in [0.15, 0.2) is 29.2 Å². The molecule has 1 aliphatic heterocycles. The summed E-state index contributed by atoms with van der Waals surface area (Å²) in [6.45, 7) is 0.257. The van der Waals surface area contributed by atoms with Crippen LogP contribution >= 0.6 is 0 Å². The zero-order chi connectivity index (χ0) is 13.3. The standard InChI is InChI=1S/C11H13FN2O3S/c12-8-3-5-9(6-4-8)18(16,17)14-7-1-2-10(14)11(13)15/h3-6,10H,1-2,7H2,(H2,13,15)/t10-/m1/s1. The second-order valence-corrected chi connectivity index (χ2v) is 6.02. The fraction of sp³-hybridized carbons (Fsp3) is 0.364. The van der Waals surface area contributed by atoms with Gasteiger partial charge in [0.15, 0.2) is 0 Å². The van der Waals surface area contributed by atoms with Crippen molar-refractivity contribution in [3.63, 3.8) is 0 Å². The normalized spacial score (nSPS) is 21.1. The smallest absolute Gasteiger partial charge is 0.243 e. The van der Waals surface area contributed by atoms with Crippen LogP contribution in [0.1, 0.15) is 12.8 Å². The van der Waals surface area contributed by atoms with E-state index in [1.807, 2.05) is 0 Å². The summed E-state index contributed by atoms with van der Waals surface area (Å²) in [6, 6.07) is 3.70. The Kier molecular flexibility index (Phi) is 3.36. The molecule has 1 amide bonds. The van der Waals surface area contributed by atoms with Crippen LogP contribution in [0.2, 0.25) is 0 Å². The Bertz CT molecular complexity index is 556. The van der Waals surface area contributed by atoms with Gasteiger partial charge < -0.3 is 5.73 Å². The summed E-state index contributed by atoms with van der Waals surface area (Å²) in [4.78, 5) is 11.2. The molecule has 2 N–H and O–H groups in total. The molecule has 0 aromatic heterocycles. The highest BCUT2D eigenvalue weighted by Crippen LogP contribution is 2.25. The highest BCUT2D eigenvalue weighted by atomic mass is 32.2. The van der Waals surface area contributed by atoms with Crippen LogP contribution in [0.3, 0.4) is 0 Å². The predicted octanol–water partition coefficient (Wildman–Crippen LogP) is 0.464. The van der Waals surface area contributed by atoms with E-state index < -0.39 is 27.8 Å². The highest BCUT2D eigenvalue weighted by Gasteiger charge is 2.38. The number of carbonyl (C=O) groups is 1. The number of benzene rings is 1. The molecule has 0 unspecified atom stereocenters. The zero-order valence-corrected chi connectivity index (χ0v) is 10.4. The Morgan fingerprint density at radius 1 is 1.33 bits per heavy atom. The van der Waals surface area contributed by atoms with Gasteiger partial charge in [0.05, 0.1) is 4.90 Å². The number of primary amides is 1. The van der Waals surface area contributed by atoms with E-state index in [0.29, 0.717) is 12.8 Å². The number of hydrogen-bond acceptors (Lipinski definition) is 3. The number of amides is 1. The lowest BCUT2D eigenvalue weighted by Gasteiger charge is -2.21. The van der Waals surface area contributed by atoms with Crippen LogP contribution in [0.25, 0.3) is 0 Å². The van der Waals surface area contributed by atoms with E-state index in [-0.39, 0.29) is 11.4 Å². The number of halogens is 1. The molecule has 18 heavy (non-hydrogen) atoms. The van der Waals surface area contributed by atoms with Crippen molar-refractivity contribution in [1.82, 2.24) is 4.31 Å². The third-order valence-corrected chi connectivity index (χ3v) is 4.87. The van der Waals surface area contributed by atoms with E-state index in [1.165, 1.54) is 12.1 Å². The number of nitrogens with two attached hydrogens (primary N) is 1. The average molecular weight is 272 g/mol. The summed E-state index contributed by atoms with van der Waals surface area (Å²) in [6.07, 6.45) is 1.02. The van der Waals surface area contributed by atoms with Gasteiger partial charge in [0.2, 0.25) is 15.9 Å². The van der Waals surface area contributed by atoms with Crippen molar-refractivity contribution >= 4 is 15.9 Å². The van der Waals surface area contributed by atoms with Crippen molar-refractivity contribution in [2.75, 3.05) is 6.54 Å². The molecule has 0 bridgehead atoms. The average Bonchev–Trinajstić information content (AvgIpc) is 2.79. The predicted molar refractivity (Wildman–Crippen MR) is 62.5 cm³/mol. The molecule has 1 aromatic carbocycles. The largest absolute Gasteiger partial charge is 0.368 e. The number of rotatable bonds is 3. The molecule has 0 radical (unpaired) electrons. The number of sulfonamides is 1. The fourth-order valence-corrected chi connectivity index (χ4v) is 3.72. The molecule has 0 aliphatic carbocycles. The molecule has 1 fully saturated rings. The Labute approximate surface area is 104 Å². The third kappa shape index (κ3) is 2.23. The molecular formula is C11H13FN2O3S. The van der Waals surface area contributed by atoms with E-state index >= 15 is 0 Å². The molecular weight excluding hydrogens is 259 g/mol. The van der Waals surface area contributed by atoms with E-state index in [2.05, 4.69) is 0 Å². The van der Waals surface area contributed by atoms with Gasteiger partial charge in [-0.3, -0.25) is 4.79 Å². The maximum atomic E-state index is 12.8. The quantitative estimate of drug-likeness (QED) is 0.868. The van der Waals surface area contributed by atoms with Crippen molar-refractivity contribution in [2.45, 2.75) is 23.8 Å². The van der Waals surface area contributed by atoms with Gasteiger partial charge in [-0.15, -0.1) is 0 Å². The van der Waals surface area contributed by atoms with Gasteiger partial charge >= 0.3 is 0 Å². The van der Waals surface area contributed by atoms with Gasteiger partial charge in [0, 0.05) is 6.54 Å². The summed E-state index contributed by atoms with van der Waals surface area (Å²) < 4.78 is 38.4. The Morgan fingerprint density at radius 2 is 1.94 bits per heavy atom. The van der Waals surface area contributed by atoms with Gasteiger partial charge in [0.25, 0.3) is 0 Å². The van der Waals surface area contributed by atoms with Gasteiger partial charge in [-0.05, 0) is 37.1 Å². The van der Waals surface area contributed by atoms with E-state index in [0.717, 1.165) is 16.4 Å². The summed E-state index contributed by atoms with van der Waals surface area (Å²) in [5.41, 5.74) is 5.18. The second kappa shape index (κ2) is 4.66. The van der Waals surface area contributed by atoms with Crippen molar-refractivity contribution in [3.05, 3.63) is 30.1 Å². The molecule has 1 aliphatic rings. The fourth-order valence-electron chi connectivity index (χ4n) is 2.05. The monoisotopic (exact) mass is 272 g/mol. The minimum atomic E-state index is -3.78. The Morgan fingerprint density at radius 3 is 2.50 bits per heavy atom. The molecule has 0 saturated carbocycles. The van der Waals surface area contributed by atoms with E-state index in [9.17, 15) is 17.6 Å². The van der Waals surface area contributed by atoms with E-state index in [1.54, 1.807) is 0 Å². The van der Waals surface area contributed by atoms with Gasteiger partial charge in [-0.25, -0.2) is 12.8 Å². The lowest BCUT2D eigenvalue weighted by Crippen LogP contribution is -2.43. The number of hydrogen-bond donors (Lipinski definition) is 1. The Balaban J connectivity index is 2.36. The minimum absolute atomic E-state index is 0.0305. The van der Waals surface area contributed by atoms with E-state index in [4.69, 9.17) is 5.73 Å². The summed E-state index contributed by atoms with van der Waals surface area (Å²) in [7, 11) is -3.78. The first-order valence-corrected chi connectivity index (χ1v) is 6.93. The van der Waals surface area contributed by atoms with Crippen molar-refractivity contribution in [1.29, 1.82) is 0 Å². The lowest BCUT2D eigenvalue weighted by molar-refractivity contribution is -0.121. The lowest BCUT2D eigenvalue weighted by atomic mass is 10.2. The van der Waals surface area contributed by atoms with Crippen LogP contribution in [0, 0.1) is 5.82 Å². The molecule has 1 atom stereocenters. The minimum Gasteiger partial charge on any atom is -0.368 e. The molecule has 98 valence electrons. The van der Waals surface area contributed by atoms with Crippen molar-refractivity contribution < 1.29 is 17.6 Å². The van der Waals surface area contributed by atoms with Gasteiger partial charge in [0.1, 0.15) is 11.9 Å². The maximum absolute atomic E-state index is 12.8. The van der Waals surface area contributed by atoms with Gasteiger partial charge in [-0.2, -0.15) is 4.31 Å². The number of carbonyl (C=O) groups excluding carboxylic acids is 1. The van der Waals surface area contributed by atoms with Crippen LogP contribution in [-0.4, -0.2) is 31.2 Å². The van der Waals surface area contributed by atoms with Crippen molar-refractivity contribution in [2.24, 2.45) is 5.73 Å². The zero-order valence-electron chi connectivity index (χ0n) is 9.54. The third-order valence-electron chi connectivity index (χ3n) is 2.95. The maximum Gasteiger partial charge on any atom is 0.243 e. The topological polar surface area (TPSA) is 80.5 Å². The Hall–Kier alpha value is -1.47. The van der Waals surface area contributed by atoms with Crippen LogP contribution in [-0.2, 0) is 14.8 Å². The highest BCUT2D eigenvalue weighted by molar-refractivity contribution is 7.89. The number of nitrogens with zero attached hydrogens (tertiary/aromatic N) is 1. The SMILES string of the molecule is NC(=O)[C@H]1CCCN1S(=O)(=O)c1ccc(F)cc1. The first-order valence-electron chi connectivity index (χ1n) is 5.49. The molecule has 1 saturated heterocycles. The molecule has 1 heterocycles. The molecule has 2 rings (SSSR count). The summed E-state index contributed by atoms with van der Waals surface area (Å²) in [5, 5.41) is 0. The van der Waals surface area contributed by atoms with Crippen molar-refractivity contribution in [3.8, 4) is 0 Å². The summed E-state index contributed by atoms with van der Waals surface area (Å²) in [5.74, 6) is -1.17. The first-order chi connectivity index (χ1) is 8.43. The second-order valence-electron chi connectivity index (χ2n) is 4.13. The first kappa shape index (κ1) is 13.0. The summed E-state index contributed by atoms with van der Waals surface area (Å²) >= 11 is 0. The van der Waals surface area contributed by atoms with Crippen LogP contribution in [0.5, 0.6) is 0 Å².